The number of anilines is 3. The van der Waals surface area contributed by atoms with E-state index in [1.807, 2.05) is 13.8 Å². The molecule has 0 saturated heterocycles. The number of halogens is 2. The van der Waals surface area contributed by atoms with Gasteiger partial charge in [0.15, 0.2) is 5.82 Å². The fraction of sp³-hybridized carbons (Fsp3) is 0.231. The van der Waals surface area contributed by atoms with Crippen LogP contribution in [-0.2, 0) is 0 Å². The van der Waals surface area contributed by atoms with Crippen LogP contribution in [0.5, 0.6) is 5.88 Å². The van der Waals surface area contributed by atoms with Gasteiger partial charge in [0, 0.05) is 5.69 Å². The zero-order valence-electron chi connectivity index (χ0n) is 11.0. The van der Waals surface area contributed by atoms with E-state index in [-0.39, 0.29) is 22.7 Å². The minimum absolute atomic E-state index is 0.0510. The lowest BCUT2D eigenvalue weighted by Crippen LogP contribution is -2.10. The zero-order chi connectivity index (χ0) is 14.7. The zero-order valence-corrected chi connectivity index (χ0v) is 11.8. The lowest BCUT2D eigenvalue weighted by Gasteiger charge is -2.13. The van der Waals surface area contributed by atoms with Crippen molar-refractivity contribution in [1.29, 1.82) is 0 Å². The minimum Gasteiger partial charge on any atom is -0.473 e. The highest BCUT2D eigenvalue weighted by molar-refractivity contribution is 6.30. The number of nitrogens with two attached hydrogens (primary N) is 1. The third-order valence-electron chi connectivity index (χ3n) is 2.38. The summed E-state index contributed by atoms with van der Waals surface area (Å²) in [6, 6.07) is 4.32. The molecule has 7 heteroatoms. The molecule has 106 valence electrons. The molecule has 1 heterocycles. The van der Waals surface area contributed by atoms with E-state index in [0.29, 0.717) is 11.5 Å². The van der Waals surface area contributed by atoms with E-state index >= 15 is 0 Å². The number of hydrogen-bond donors (Lipinski definition) is 2. The van der Waals surface area contributed by atoms with E-state index in [1.54, 1.807) is 6.07 Å². The van der Waals surface area contributed by atoms with Crippen molar-refractivity contribution in [3.05, 3.63) is 35.4 Å². The molecule has 0 radical (unpaired) electrons. The molecular formula is C13H14ClFN4O. The predicted octanol–water partition coefficient (Wildman–Crippen LogP) is 3.38. The standard InChI is InChI=1S/C13H14ClFN4O/c1-7(2)20-13-11(16)12(17-6-18-13)19-8-3-4-9(14)10(15)5-8/h3-7H,16H2,1-2H3,(H,17,18,19). The molecule has 0 bridgehead atoms. The molecule has 0 fully saturated rings. The van der Waals surface area contributed by atoms with Gasteiger partial charge in [0.2, 0.25) is 5.88 Å². The summed E-state index contributed by atoms with van der Waals surface area (Å²) in [5, 5.41) is 2.95. The third kappa shape index (κ3) is 3.27. The number of nitrogens with zero attached hydrogens (tertiary/aromatic N) is 2. The highest BCUT2D eigenvalue weighted by Gasteiger charge is 2.11. The van der Waals surface area contributed by atoms with Gasteiger partial charge in [0.25, 0.3) is 0 Å². The summed E-state index contributed by atoms with van der Waals surface area (Å²) in [4.78, 5) is 7.97. The molecule has 5 nitrogen and oxygen atoms in total. The topological polar surface area (TPSA) is 73.1 Å². The average molecular weight is 297 g/mol. The van der Waals surface area contributed by atoms with Crippen molar-refractivity contribution in [2.45, 2.75) is 20.0 Å². The molecule has 2 rings (SSSR count). The Hall–Kier alpha value is -2.08. The molecule has 20 heavy (non-hydrogen) atoms. The van der Waals surface area contributed by atoms with E-state index in [0.717, 1.165) is 0 Å². The monoisotopic (exact) mass is 296 g/mol. The van der Waals surface area contributed by atoms with Crippen molar-refractivity contribution in [1.82, 2.24) is 9.97 Å². The second kappa shape index (κ2) is 5.92. The van der Waals surface area contributed by atoms with Crippen molar-refractivity contribution in [2.75, 3.05) is 11.1 Å². The highest BCUT2D eigenvalue weighted by Crippen LogP contribution is 2.29. The Balaban J connectivity index is 2.27. The fourth-order valence-electron chi connectivity index (χ4n) is 1.51. The van der Waals surface area contributed by atoms with E-state index in [4.69, 9.17) is 22.1 Å². The molecule has 3 N–H and O–H groups in total. The van der Waals surface area contributed by atoms with Gasteiger partial charge in [-0.2, -0.15) is 4.98 Å². The molecule has 2 aromatic rings. The number of hydrogen-bond acceptors (Lipinski definition) is 5. The second-order valence-corrected chi connectivity index (χ2v) is 4.77. The highest BCUT2D eigenvalue weighted by atomic mass is 35.5. The molecule has 1 aromatic carbocycles. The third-order valence-corrected chi connectivity index (χ3v) is 2.68. The largest absolute Gasteiger partial charge is 0.473 e. The van der Waals surface area contributed by atoms with Crippen molar-refractivity contribution in [3.63, 3.8) is 0 Å². The van der Waals surface area contributed by atoms with Crippen LogP contribution < -0.4 is 15.8 Å². The first-order valence-electron chi connectivity index (χ1n) is 5.96. The molecule has 0 atom stereocenters. The first kappa shape index (κ1) is 14.3. The number of benzene rings is 1. The number of nitrogens with one attached hydrogen (secondary N) is 1. The van der Waals surface area contributed by atoms with Crippen LogP contribution in [0.15, 0.2) is 24.5 Å². The Kier molecular flexibility index (Phi) is 4.24. The van der Waals surface area contributed by atoms with Gasteiger partial charge in [0.1, 0.15) is 17.8 Å². The summed E-state index contributed by atoms with van der Waals surface area (Å²) >= 11 is 5.62. The normalized spacial score (nSPS) is 10.7. The van der Waals surface area contributed by atoms with Gasteiger partial charge in [0.05, 0.1) is 11.1 Å². The molecule has 1 aromatic heterocycles. The fourth-order valence-corrected chi connectivity index (χ4v) is 1.62. The van der Waals surface area contributed by atoms with Gasteiger partial charge in [-0.15, -0.1) is 0 Å². The Morgan fingerprint density at radius 2 is 2.10 bits per heavy atom. The van der Waals surface area contributed by atoms with Crippen LogP contribution in [0.25, 0.3) is 0 Å². The summed E-state index contributed by atoms with van der Waals surface area (Å²) in [6.45, 7) is 3.73. The van der Waals surface area contributed by atoms with Crippen LogP contribution >= 0.6 is 11.6 Å². The number of nitrogen functional groups attached to an aromatic ring is 1. The molecular weight excluding hydrogens is 283 g/mol. The van der Waals surface area contributed by atoms with Crippen molar-refractivity contribution < 1.29 is 9.13 Å². The first-order chi connectivity index (χ1) is 9.47. The summed E-state index contributed by atoms with van der Waals surface area (Å²) < 4.78 is 18.8. The molecule has 0 aliphatic carbocycles. The molecule has 0 aliphatic heterocycles. The smallest absolute Gasteiger partial charge is 0.242 e. The van der Waals surface area contributed by atoms with Crippen molar-refractivity contribution in [2.24, 2.45) is 0 Å². The molecule has 0 unspecified atom stereocenters. The Morgan fingerprint density at radius 3 is 2.75 bits per heavy atom. The summed E-state index contributed by atoms with van der Waals surface area (Å²) in [7, 11) is 0. The molecule has 0 saturated carbocycles. The van der Waals surface area contributed by atoms with Crippen LogP contribution in [0, 0.1) is 5.82 Å². The van der Waals surface area contributed by atoms with Crippen LogP contribution in [0.2, 0.25) is 5.02 Å². The van der Waals surface area contributed by atoms with Gasteiger partial charge >= 0.3 is 0 Å². The predicted molar refractivity (Wildman–Crippen MR) is 76.9 cm³/mol. The van der Waals surface area contributed by atoms with Crippen LogP contribution in [-0.4, -0.2) is 16.1 Å². The Bertz CT molecular complexity index is 621. The van der Waals surface area contributed by atoms with E-state index in [2.05, 4.69) is 15.3 Å². The van der Waals surface area contributed by atoms with Gasteiger partial charge < -0.3 is 15.8 Å². The number of ether oxygens (including phenoxy) is 1. The molecule has 0 aliphatic rings. The maximum Gasteiger partial charge on any atom is 0.242 e. The SMILES string of the molecule is CC(C)Oc1ncnc(Nc2ccc(Cl)c(F)c2)c1N. The summed E-state index contributed by atoms with van der Waals surface area (Å²) in [5.74, 6) is 0.104. The van der Waals surface area contributed by atoms with Crippen LogP contribution in [0.4, 0.5) is 21.6 Å². The van der Waals surface area contributed by atoms with E-state index in [9.17, 15) is 4.39 Å². The minimum atomic E-state index is -0.525. The van der Waals surface area contributed by atoms with Crippen molar-refractivity contribution in [3.8, 4) is 5.88 Å². The summed E-state index contributed by atoms with van der Waals surface area (Å²) in [6.07, 6.45) is 1.26. The first-order valence-corrected chi connectivity index (χ1v) is 6.34. The van der Waals surface area contributed by atoms with Gasteiger partial charge in [-0.1, -0.05) is 11.6 Å². The number of aromatic nitrogens is 2. The van der Waals surface area contributed by atoms with E-state index in [1.165, 1.54) is 18.5 Å². The molecule has 0 spiro atoms. The van der Waals surface area contributed by atoms with Crippen LogP contribution in [0.3, 0.4) is 0 Å². The maximum atomic E-state index is 13.4. The Labute approximate surface area is 120 Å². The number of rotatable bonds is 4. The lowest BCUT2D eigenvalue weighted by molar-refractivity contribution is 0.234. The second-order valence-electron chi connectivity index (χ2n) is 4.36. The van der Waals surface area contributed by atoms with Gasteiger partial charge in [-0.25, -0.2) is 9.37 Å². The molecule has 0 amide bonds. The van der Waals surface area contributed by atoms with Crippen molar-refractivity contribution >= 4 is 28.8 Å². The van der Waals surface area contributed by atoms with E-state index < -0.39 is 5.82 Å². The van der Waals surface area contributed by atoms with Crippen LogP contribution in [0.1, 0.15) is 13.8 Å². The van der Waals surface area contributed by atoms with Gasteiger partial charge in [-0.05, 0) is 32.0 Å². The Morgan fingerprint density at radius 1 is 1.35 bits per heavy atom. The maximum absolute atomic E-state index is 13.4. The average Bonchev–Trinajstić information content (AvgIpc) is 2.38. The lowest BCUT2D eigenvalue weighted by atomic mass is 10.3. The quantitative estimate of drug-likeness (QED) is 0.905. The van der Waals surface area contributed by atoms with Gasteiger partial charge in [-0.3, -0.25) is 0 Å². The summed E-state index contributed by atoms with van der Waals surface area (Å²) in [5.41, 5.74) is 6.66.